The van der Waals surface area contributed by atoms with E-state index < -0.39 is 0 Å². The number of benzene rings is 1. The summed E-state index contributed by atoms with van der Waals surface area (Å²) in [6, 6.07) is 9.74. The molecule has 1 aromatic carbocycles. The fourth-order valence-electron chi connectivity index (χ4n) is 3.96. The van der Waals surface area contributed by atoms with Crippen LogP contribution in [0.1, 0.15) is 31.1 Å². The first-order valence-corrected chi connectivity index (χ1v) is 12.2. The fraction of sp³-hybridized carbons (Fsp3) is 0.407. The third-order valence-electron chi connectivity index (χ3n) is 5.73. The van der Waals surface area contributed by atoms with E-state index in [0.717, 1.165) is 53.7 Å². The van der Waals surface area contributed by atoms with Gasteiger partial charge in [0.1, 0.15) is 31.0 Å². The first-order valence-electron chi connectivity index (χ1n) is 12.2. The zero-order chi connectivity index (χ0) is 24.3. The van der Waals surface area contributed by atoms with Gasteiger partial charge in [0.15, 0.2) is 0 Å². The van der Waals surface area contributed by atoms with Gasteiger partial charge in [-0.05, 0) is 63.2 Å². The molecule has 1 aliphatic rings. The molecule has 8 heteroatoms. The highest BCUT2D eigenvalue weighted by atomic mass is 16.5. The van der Waals surface area contributed by atoms with E-state index in [2.05, 4.69) is 26.8 Å². The lowest BCUT2D eigenvalue weighted by Crippen LogP contribution is -2.25. The Bertz CT molecular complexity index is 1080. The van der Waals surface area contributed by atoms with Crippen molar-refractivity contribution in [3.63, 3.8) is 0 Å². The maximum Gasteiger partial charge on any atom is 0.227 e. The van der Waals surface area contributed by atoms with E-state index in [1.165, 1.54) is 12.8 Å². The van der Waals surface area contributed by atoms with Crippen molar-refractivity contribution in [2.45, 2.75) is 33.0 Å². The summed E-state index contributed by atoms with van der Waals surface area (Å²) in [5, 5.41) is 3.30. The summed E-state index contributed by atoms with van der Waals surface area (Å²) < 4.78 is 22.8. The summed E-state index contributed by atoms with van der Waals surface area (Å²) in [5.41, 5.74) is 3.47. The minimum atomic E-state index is 0.430. The number of nitrogens with zero attached hydrogens (tertiary/aromatic N) is 3. The highest BCUT2D eigenvalue weighted by molar-refractivity contribution is 5.62. The summed E-state index contributed by atoms with van der Waals surface area (Å²) in [4.78, 5) is 11.5. The van der Waals surface area contributed by atoms with Crippen LogP contribution in [0, 0.1) is 0 Å². The molecule has 0 aliphatic carbocycles. The van der Waals surface area contributed by atoms with Gasteiger partial charge in [0, 0.05) is 36.2 Å². The van der Waals surface area contributed by atoms with E-state index >= 15 is 0 Å². The van der Waals surface area contributed by atoms with Crippen LogP contribution in [0.4, 0.5) is 11.6 Å². The van der Waals surface area contributed by atoms with Gasteiger partial charge >= 0.3 is 0 Å². The first kappa shape index (κ1) is 24.9. The monoisotopic (exact) mass is 478 g/mol. The van der Waals surface area contributed by atoms with E-state index in [4.69, 9.17) is 18.6 Å². The molecule has 1 saturated heterocycles. The molecule has 0 unspecified atom stereocenters. The van der Waals surface area contributed by atoms with Gasteiger partial charge in [0.2, 0.25) is 5.95 Å². The summed E-state index contributed by atoms with van der Waals surface area (Å²) in [7, 11) is 0. The second kappa shape index (κ2) is 13.0. The maximum absolute atomic E-state index is 6.12. The number of nitrogens with one attached hydrogen (secondary N) is 1. The number of ether oxygens (including phenoxy) is 3. The molecule has 0 spiro atoms. The van der Waals surface area contributed by atoms with Gasteiger partial charge in [-0.25, -0.2) is 9.97 Å². The third-order valence-corrected chi connectivity index (χ3v) is 5.73. The minimum absolute atomic E-state index is 0.430. The van der Waals surface area contributed by atoms with Crippen molar-refractivity contribution in [2.24, 2.45) is 0 Å². The average Bonchev–Trinajstić information content (AvgIpc) is 3.57. The summed E-state index contributed by atoms with van der Waals surface area (Å²) >= 11 is 0. The van der Waals surface area contributed by atoms with Crippen molar-refractivity contribution in [1.29, 1.82) is 0 Å². The van der Waals surface area contributed by atoms with Crippen molar-refractivity contribution in [3.05, 3.63) is 66.8 Å². The quantitative estimate of drug-likeness (QED) is 0.250. The Balaban J connectivity index is 1.43. The van der Waals surface area contributed by atoms with Gasteiger partial charge in [-0.2, -0.15) is 0 Å². The zero-order valence-electron chi connectivity index (χ0n) is 20.4. The van der Waals surface area contributed by atoms with Gasteiger partial charge in [-0.15, -0.1) is 6.58 Å². The molecule has 35 heavy (non-hydrogen) atoms. The third kappa shape index (κ3) is 7.39. The molecule has 1 N–H and O–H groups in total. The second-order valence-corrected chi connectivity index (χ2v) is 8.35. The van der Waals surface area contributed by atoms with Crippen molar-refractivity contribution >= 4 is 11.6 Å². The van der Waals surface area contributed by atoms with E-state index in [0.29, 0.717) is 39.0 Å². The van der Waals surface area contributed by atoms with Gasteiger partial charge < -0.3 is 23.9 Å². The second-order valence-electron chi connectivity index (χ2n) is 8.35. The van der Waals surface area contributed by atoms with Gasteiger partial charge in [0.05, 0.1) is 18.9 Å². The first-order chi connectivity index (χ1) is 17.2. The van der Waals surface area contributed by atoms with Crippen LogP contribution in [0.15, 0.2) is 59.9 Å². The van der Waals surface area contributed by atoms with Crippen molar-refractivity contribution in [1.82, 2.24) is 14.9 Å². The average molecular weight is 479 g/mol. The Morgan fingerprint density at radius 2 is 2.03 bits per heavy atom. The van der Waals surface area contributed by atoms with E-state index in [1.807, 2.05) is 37.3 Å². The molecule has 186 valence electrons. The molecule has 1 aliphatic heterocycles. The smallest absolute Gasteiger partial charge is 0.227 e. The molecule has 4 rings (SSSR count). The van der Waals surface area contributed by atoms with E-state index in [9.17, 15) is 0 Å². The molecule has 0 amide bonds. The number of rotatable bonds is 14. The number of aromatic nitrogens is 2. The fourth-order valence-corrected chi connectivity index (χ4v) is 3.96. The molecule has 0 radical (unpaired) electrons. The highest BCUT2D eigenvalue weighted by Gasteiger charge is 2.13. The summed E-state index contributed by atoms with van der Waals surface area (Å²) in [6.45, 7) is 11.6. The molecule has 0 atom stereocenters. The predicted octanol–water partition coefficient (Wildman–Crippen LogP) is 5.19. The minimum Gasteiger partial charge on any atom is -0.492 e. The molecule has 8 nitrogen and oxygen atoms in total. The topological polar surface area (TPSA) is 81.9 Å². The molecule has 3 heterocycles. The van der Waals surface area contributed by atoms with Crippen LogP contribution in [0.2, 0.25) is 0 Å². The lowest BCUT2D eigenvalue weighted by atomic mass is 10.2. The lowest BCUT2D eigenvalue weighted by Gasteiger charge is -2.17. The van der Waals surface area contributed by atoms with Crippen LogP contribution in [-0.2, 0) is 22.7 Å². The molecular formula is C27H34N4O4. The molecule has 0 saturated carbocycles. The predicted molar refractivity (Wildman–Crippen MR) is 136 cm³/mol. The molecule has 2 aromatic heterocycles. The number of furan rings is 1. The maximum atomic E-state index is 6.12. The van der Waals surface area contributed by atoms with Crippen LogP contribution in [0.3, 0.4) is 0 Å². The molecular weight excluding hydrogens is 444 g/mol. The van der Waals surface area contributed by atoms with Crippen LogP contribution in [0.25, 0.3) is 11.3 Å². The Hall–Kier alpha value is -3.20. The Labute approximate surface area is 206 Å². The van der Waals surface area contributed by atoms with Crippen LogP contribution in [-0.4, -0.2) is 54.3 Å². The Morgan fingerprint density at radius 1 is 1.14 bits per heavy atom. The SMILES string of the molecule is C=CCOCc1cc(Nc2nccc(-c3coc(COCC)c3)n2)ccc1OCCN1CCCC1. The summed E-state index contributed by atoms with van der Waals surface area (Å²) in [5.74, 6) is 2.09. The Kier molecular flexibility index (Phi) is 9.28. The van der Waals surface area contributed by atoms with E-state index in [-0.39, 0.29) is 0 Å². The molecule has 0 bridgehead atoms. The van der Waals surface area contributed by atoms with Crippen molar-refractivity contribution in [2.75, 3.05) is 44.8 Å². The molecule has 3 aromatic rings. The summed E-state index contributed by atoms with van der Waals surface area (Å²) in [6.07, 6.45) is 7.71. The molecule has 1 fully saturated rings. The number of hydrogen-bond donors (Lipinski definition) is 1. The van der Waals surface area contributed by atoms with Gasteiger partial charge in [0.25, 0.3) is 0 Å². The number of likely N-dealkylation sites (tertiary alicyclic amines) is 1. The van der Waals surface area contributed by atoms with Crippen LogP contribution >= 0.6 is 0 Å². The van der Waals surface area contributed by atoms with Gasteiger partial charge in [-0.3, -0.25) is 4.90 Å². The van der Waals surface area contributed by atoms with Crippen LogP contribution < -0.4 is 10.1 Å². The lowest BCUT2D eigenvalue weighted by molar-refractivity contribution is 0.118. The standard InChI is InChI=1S/C27H34N4O4/c1-3-14-33-18-22-16-23(7-8-26(22)34-15-13-31-11-5-6-12-31)29-27-28-10-9-25(30-27)21-17-24(35-19-21)20-32-4-2/h3,7-10,16-17,19H,1,4-6,11-15,18,20H2,2H3,(H,28,29,30). The number of anilines is 2. The van der Waals surface area contributed by atoms with E-state index in [1.54, 1.807) is 18.5 Å². The largest absolute Gasteiger partial charge is 0.492 e. The van der Waals surface area contributed by atoms with Gasteiger partial charge in [-0.1, -0.05) is 6.08 Å². The Morgan fingerprint density at radius 3 is 2.86 bits per heavy atom. The van der Waals surface area contributed by atoms with Crippen molar-refractivity contribution < 1.29 is 18.6 Å². The van der Waals surface area contributed by atoms with Crippen molar-refractivity contribution in [3.8, 4) is 17.0 Å². The van der Waals surface area contributed by atoms with Crippen LogP contribution in [0.5, 0.6) is 5.75 Å². The zero-order valence-corrected chi connectivity index (χ0v) is 20.4. The highest BCUT2D eigenvalue weighted by Crippen LogP contribution is 2.27. The normalized spacial score (nSPS) is 13.7. The number of hydrogen-bond acceptors (Lipinski definition) is 8.